The van der Waals surface area contributed by atoms with E-state index >= 15 is 0 Å². The monoisotopic (exact) mass is 210 g/mol. The minimum atomic E-state index is -0.441. The summed E-state index contributed by atoms with van der Waals surface area (Å²) >= 11 is 1.05. The summed E-state index contributed by atoms with van der Waals surface area (Å²) in [4.78, 5) is 13.6. The van der Waals surface area contributed by atoms with Crippen LogP contribution >= 0.6 is 11.5 Å². The molecule has 5 nitrogen and oxygen atoms in total. The standard InChI is InChI=1S/C8H10N4OS/c1-5(4-9)12(3)8(13)7-6(2)10-11-14-7/h5H,1-3H3. The average molecular weight is 210 g/mol. The number of nitriles is 1. The third-order valence-electron chi connectivity index (χ3n) is 1.93. The number of amides is 1. The minimum absolute atomic E-state index is 0.202. The van der Waals surface area contributed by atoms with Gasteiger partial charge in [-0.25, -0.2) is 0 Å². The van der Waals surface area contributed by atoms with Crippen molar-refractivity contribution in [2.45, 2.75) is 19.9 Å². The predicted molar refractivity (Wildman–Crippen MR) is 51.8 cm³/mol. The Morgan fingerprint density at radius 2 is 2.36 bits per heavy atom. The highest BCUT2D eigenvalue weighted by atomic mass is 32.1. The van der Waals surface area contributed by atoms with Crippen LogP contribution in [0, 0.1) is 18.3 Å². The molecule has 0 radical (unpaired) electrons. The molecule has 0 aliphatic heterocycles. The number of hydrogen-bond donors (Lipinski definition) is 0. The van der Waals surface area contributed by atoms with E-state index in [2.05, 4.69) is 9.59 Å². The van der Waals surface area contributed by atoms with Gasteiger partial charge in [0.05, 0.1) is 11.8 Å². The van der Waals surface area contributed by atoms with E-state index < -0.39 is 6.04 Å². The zero-order valence-electron chi connectivity index (χ0n) is 8.18. The second kappa shape index (κ2) is 4.15. The minimum Gasteiger partial charge on any atom is -0.325 e. The van der Waals surface area contributed by atoms with Gasteiger partial charge < -0.3 is 4.90 Å². The number of rotatable bonds is 2. The zero-order chi connectivity index (χ0) is 10.7. The van der Waals surface area contributed by atoms with E-state index in [-0.39, 0.29) is 5.91 Å². The molecule has 1 heterocycles. The largest absolute Gasteiger partial charge is 0.325 e. The summed E-state index contributed by atoms with van der Waals surface area (Å²) in [5, 5.41) is 12.4. The van der Waals surface area contributed by atoms with Crippen molar-refractivity contribution >= 4 is 17.4 Å². The van der Waals surface area contributed by atoms with Crippen LogP contribution in [0.1, 0.15) is 22.3 Å². The fourth-order valence-corrected chi connectivity index (χ4v) is 1.49. The summed E-state index contributed by atoms with van der Waals surface area (Å²) in [6.45, 7) is 3.39. The second-order valence-corrected chi connectivity index (χ2v) is 3.66. The van der Waals surface area contributed by atoms with E-state index in [4.69, 9.17) is 5.26 Å². The molecule has 0 aromatic carbocycles. The first-order valence-corrected chi connectivity index (χ1v) is 4.81. The summed E-state index contributed by atoms with van der Waals surface area (Å²) < 4.78 is 3.67. The molecule has 1 amide bonds. The molecule has 1 aromatic rings. The number of nitrogens with zero attached hydrogens (tertiary/aromatic N) is 4. The first-order chi connectivity index (χ1) is 6.57. The van der Waals surface area contributed by atoms with Crippen molar-refractivity contribution < 1.29 is 4.79 Å². The third kappa shape index (κ3) is 1.88. The molecule has 6 heteroatoms. The Hall–Kier alpha value is -1.48. The molecule has 14 heavy (non-hydrogen) atoms. The Kier molecular flexibility index (Phi) is 3.14. The number of aryl methyl sites for hydroxylation is 1. The van der Waals surface area contributed by atoms with Gasteiger partial charge in [-0.1, -0.05) is 4.49 Å². The molecule has 1 unspecified atom stereocenters. The van der Waals surface area contributed by atoms with Crippen LogP contribution in [-0.2, 0) is 0 Å². The Labute approximate surface area is 86.1 Å². The van der Waals surface area contributed by atoms with E-state index in [1.807, 2.05) is 6.07 Å². The number of carbonyl (C=O) groups excluding carboxylic acids is 1. The van der Waals surface area contributed by atoms with Gasteiger partial charge in [0.15, 0.2) is 0 Å². The van der Waals surface area contributed by atoms with Crippen molar-refractivity contribution in [3.05, 3.63) is 10.6 Å². The lowest BCUT2D eigenvalue weighted by Gasteiger charge is -2.17. The summed E-state index contributed by atoms with van der Waals surface area (Å²) in [7, 11) is 1.59. The summed E-state index contributed by atoms with van der Waals surface area (Å²) in [6, 6.07) is 1.56. The van der Waals surface area contributed by atoms with E-state index in [0.29, 0.717) is 10.6 Å². The van der Waals surface area contributed by atoms with Crippen LogP contribution in [-0.4, -0.2) is 33.5 Å². The van der Waals surface area contributed by atoms with Crippen LogP contribution in [0.15, 0.2) is 0 Å². The van der Waals surface area contributed by atoms with Crippen LogP contribution in [0.4, 0.5) is 0 Å². The first-order valence-electron chi connectivity index (χ1n) is 4.03. The van der Waals surface area contributed by atoms with Crippen molar-refractivity contribution in [1.29, 1.82) is 5.26 Å². The van der Waals surface area contributed by atoms with Crippen molar-refractivity contribution in [3.8, 4) is 6.07 Å². The Morgan fingerprint density at radius 3 is 2.79 bits per heavy atom. The van der Waals surface area contributed by atoms with Gasteiger partial charge in [-0.2, -0.15) is 5.26 Å². The molecular weight excluding hydrogens is 200 g/mol. The highest BCUT2D eigenvalue weighted by molar-refractivity contribution is 7.07. The molecule has 1 aromatic heterocycles. The first kappa shape index (κ1) is 10.6. The van der Waals surface area contributed by atoms with E-state index in [1.54, 1.807) is 20.9 Å². The molecule has 0 spiro atoms. The van der Waals surface area contributed by atoms with E-state index in [0.717, 1.165) is 11.5 Å². The van der Waals surface area contributed by atoms with Crippen LogP contribution in [0.25, 0.3) is 0 Å². The van der Waals surface area contributed by atoms with Crippen molar-refractivity contribution in [2.75, 3.05) is 7.05 Å². The summed E-state index contributed by atoms with van der Waals surface area (Å²) in [5.74, 6) is -0.202. The lowest BCUT2D eigenvalue weighted by Crippen LogP contribution is -2.33. The van der Waals surface area contributed by atoms with Gasteiger partial charge in [-0.15, -0.1) is 5.10 Å². The molecule has 1 atom stereocenters. The van der Waals surface area contributed by atoms with Crippen LogP contribution < -0.4 is 0 Å². The van der Waals surface area contributed by atoms with Gasteiger partial charge in [-0.3, -0.25) is 4.79 Å². The fourth-order valence-electron chi connectivity index (χ4n) is 0.850. The van der Waals surface area contributed by atoms with Crippen molar-refractivity contribution in [1.82, 2.24) is 14.5 Å². The number of carbonyl (C=O) groups is 1. The van der Waals surface area contributed by atoms with Crippen molar-refractivity contribution in [2.24, 2.45) is 0 Å². The smallest absolute Gasteiger partial charge is 0.268 e. The highest BCUT2D eigenvalue weighted by Gasteiger charge is 2.21. The Balaban J connectivity index is 2.87. The fraction of sp³-hybridized carbons (Fsp3) is 0.500. The van der Waals surface area contributed by atoms with Crippen LogP contribution in [0.3, 0.4) is 0 Å². The summed E-state index contributed by atoms with van der Waals surface area (Å²) in [5.41, 5.74) is 0.608. The maximum absolute atomic E-state index is 11.7. The van der Waals surface area contributed by atoms with Gasteiger partial charge in [-0.05, 0) is 25.4 Å². The number of hydrogen-bond acceptors (Lipinski definition) is 5. The quantitative estimate of drug-likeness (QED) is 0.725. The average Bonchev–Trinajstić information content (AvgIpc) is 2.61. The third-order valence-corrected chi connectivity index (χ3v) is 2.75. The van der Waals surface area contributed by atoms with Gasteiger partial charge in [0.1, 0.15) is 10.9 Å². The number of aromatic nitrogens is 2. The maximum atomic E-state index is 11.7. The lowest BCUT2D eigenvalue weighted by atomic mass is 10.3. The van der Waals surface area contributed by atoms with E-state index in [9.17, 15) is 4.79 Å². The molecular formula is C8H10N4OS. The Bertz CT molecular complexity index is 381. The molecule has 0 saturated heterocycles. The predicted octanol–water partition coefficient (Wildman–Crippen LogP) is 0.831. The topological polar surface area (TPSA) is 69.9 Å². The summed E-state index contributed by atoms with van der Waals surface area (Å²) in [6.07, 6.45) is 0. The molecule has 0 saturated carbocycles. The second-order valence-electron chi connectivity index (χ2n) is 2.91. The SMILES string of the molecule is Cc1nnsc1C(=O)N(C)C(C)C#N. The molecule has 0 fully saturated rings. The van der Waals surface area contributed by atoms with Crippen LogP contribution in [0.2, 0.25) is 0 Å². The van der Waals surface area contributed by atoms with Gasteiger partial charge >= 0.3 is 0 Å². The lowest BCUT2D eigenvalue weighted by molar-refractivity contribution is 0.0777. The van der Waals surface area contributed by atoms with Gasteiger partial charge in [0.2, 0.25) is 0 Å². The molecule has 0 bridgehead atoms. The van der Waals surface area contributed by atoms with Crippen molar-refractivity contribution in [3.63, 3.8) is 0 Å². The van der Waals surface area contributed by atoms with E-state index in [1.165, 1.54) is 4.90 Å². The van der Waals surface area contributed by atoms with Crippen LogP contribution in [0.5, 0.6) is 0 Å². The zero-order valence-corrected chi connectivity index (χ0v) is 9.00. The normalized spacial score (nSPS) is 11.9. The molecule has 0 N–H and O–H groups in total. The Morgan fingerprint density at radius 1 is 1.71 bits per heavy atom. The maximum Gasteiger partial charge on any atom is 0.268 e. The van der Waals surface area contributed by atoms with Gasteiger partial charge in [0, 0.05) is 7.05 Å². The molecule has 0 aliphatic carbocycles. The highest BCUT2D eigenvalue weighted by Crippen LogP contribution is 2.12. The molecule has 0 aliphatic rings. The van der Waals surface area contributed by atoms with Gasteiger partial charge in [0.25, 0.3) is 5.91 Å². The molecule has 1 rings (SSSR count). The molecule has 74 valence electrons.